The molecule has 1 N–H and O–H groups in total. The number of hydrogen-bond donors (Lipinski definition) is 1. The van der Waals surface area contributed by atoms with Crippen LogP contribution in [-0.4, -0.2) is 21.5 Å². The Morgan fingerprint density at radius 1 is 1.18 bits per heavy atom. The van der Waals surface area contributed by atoms with Crippen molar-refractivity contribution in [2.75, 3.05) is 5.75 Å². The van der Waals surface area contributed by atoms with Crippen molar-refractivity contribution >= 4 is 28.6 Å². The van der Waals surface area contributed by atoms with Crippen molar-refractivity contribution < 1.29 is 21.8 Å². The van der Waals surface area contributed by atoms with E-state index in [2.05, 4.69) is 9.97 Å². The van der Waals surface area contributed by atoms with Gasteiger partial charge in [-0.2, -0.15) is 0 Å². The maximum Gasteiger partial charge on any atom is 0.173 e. The second kappa shape index (κ2) is 7.11. The van der Waals surface area contributed by atoms with Gasteiger partial charge in [0, 0.05) is 5.56 Å². The topological polar surface area (TPSA) is 45.8 Å². The van der Waals surface area contributed by atoms with E-state index < -0.39 is 0 Å². The van der Waals surface area contributed by atoms with Gasteiger partial charge in [0.1, 0.15) is 0 Å². The average Bonchev–Trinajstić information content (AvgIpc) is 2.87. The first kappa shape index (κ1) is 16.8. The Morgan fingerprint density at radius 3 is 2.68 bits per heavy atom. The Balaban J connectivity index is 0.00000176. The molecule has 5 heteroatoms. The van der Waals surface area contributed by atoms with Gasteiger partial charge in [-0.3, -0.25) is 4.79 Å². The molecular formula is C17H16BrN2OS-. The number of imidazole rings is 1. The van der Waals surface area contributed by atoms with Gasteiger partial charge >= 0.3 is 0 Å². The number of rotatable bonds is 4. The molecule has 0 aliphatic heterocycles. The van der Waals surface area contributed by atoms with Gasteiger partial charge in [-0.05, 0) is 31.5 Å². The fourth-order valence-electron chi connectivity index (χ4n) is 2.34. The minimum atomic E-state index is 0. The van der Waals surface area contributed by atoms with Crippen molar-refractivity contribution in [3.63, 3.8) is 0 Å². The number of Topliss-reactive ketones (excluding diaryl/α,β-unsaturated/α-hetero) is 1. The number of halogens is 1. The van der Waals surface area contributed by atoms with E-state index >= 15 is 0 Å². The SMILES string of the molecule is Cc1ccc(C(=O)CSc2nc3ccccc3[nH]2)c(C)c1.[Br-]. The minimum Gasteiger partial charge on any atom is -1.00 e. The van der Waals surface area contributed by atoms with Crippen molar-refractivity contribution in [1.29, 1.82) is 0 Å². The number of fused-ring (bicyclic) bond motifs is 1. The number of para-hydroxylation sites is 2. The third kappa shape index (κ3) is 3.59. The molecule has 3 nitrogen and oxygen atoms in total. The summed E-state index contributed by atoms with van der Waals surface area (Å²) in [6.45, 7) is 4.01. The van der Waals surface area contributed by atoms with E-state index in [0.29, 0.717) is 5.75 Å². The molecule has 0 spiro atoms. The molecule has 0 atom stereocenters. The molecule has 0 radical (unpaired) electrons. The Kier molecular flexibility index (Phi) is 5.42. The molecule has 22 heavy (non-hydrogen) atoms. The van der Waals surface area contributed by atoms with Gasteiger partial charge in [0.15, 0.2) is 10.9 Å². The molecule has 2 aromatic carbocycles. The lowest BCUT2D eigenvalue weighted by Crippen LogP contribution is -3.00. The quantitative estimate of drug-likeness (QED) is 0.549. The first-order valence-corrected chi connectivity index (χ1v) is 7.80. The molecular weight excluding hydrogens is 360 g/mol. The molecule has 114 valence electrons. The standard InChI is InChI=1S/C17H16N2OS.BrH/c1-11-7-8-13(12(2)9-11)16(20)10-21-17-18-14-5-3-4-6-15(14)19-17;/h3-9H,10H2,1-2H3,(H,18,19);1H/p-1. The first-order valence-electron chi connectivity index (χ1n) is 6.81. The largest absolute Gasteiger partial charge is 1.00 e. The van der Waals surface area contributed by atoms with Gasteiger partial charge in [-0.15, -0.1) is 0 Å². The smallest absolute Gasteiger partial charge is 0.173 e. The van der Waals surface area contributed by atoms with Crippen LogP contribution >= 0.6 is 11.8 Å². The van der Waals surface area contributed by atoms with E-state index in [9.17, 15) is 4.79 Å². The summed E-state index contributed by atoms with van der Waals surface area (Å²) in [5, 5.41) is 0.786. The Labute approximate surface area is 144 Å². The highest BCUT2D eigenvalue weighted by Crippen LogP contribution is 2.21. The Morgan fingerprint density at radius 2 is 1.95 bits per heavy atom. The Hall–Kier alpha value is -1.59. The summed E-state index contributed by atoms with van der Waals surface area (Å²) in [5.41, 5.74) is 4.93. The summed E-state index contributed by atoms with van der Waals surface area (Å²) in [6, 6.07) is 13.8. The zero-order valence-electron chi connectivity index (χ0n) is 12.4. The van der Waals surface area contributed by atoms with E-state index in [1.54, 1.807) is 0 Å². The molecule has 1 aromatic heterocycles. The summed E-state index contributed by atoms with van der Waals surface area (Å²) < 4.78 is 0. The van der Waals surface area contributed by atoms with Crippen LogP contribution in [0.25, 0.3) is 11.0 Å². The summed E-state index contributed by atoms with van der Waals surface area (Å²) in [7, 11) is 0. The molecule has 0 saturated heterocycles. The molecule has 0 saturated carbocycles. The van der Waals surface area contributed by atoms with Crippen molar-refractivity contribution in [3.05, 3.63) is 59.2 Å². The minimum absolute atomic E-state index is 0. The number of aromatic nitrogens is 2. The number of aromatic amines is 1. The number of carbonyl (C=O) groups excluding carboxylic acids is 1. The highest BCUT2D eigenvalue weighted by atomic mass is 79.9. The number of hydrogen-bond acceptors (Lipinski definition) is 3. The van der Waals surface area contributed by atoms with Crippen molar-refractivity contribution in [1.82, 2.24) is 9.97 Å². The van der Waals surface area contributed by atoms with Gasteiger partial charge < -0.3 is 22.0 Å². The van der Waals surface area contributed by atoms with Crippen LogP contribution in [0.15, 0.2) is 47.6 Å². The van der Waals surface area contributed by atoms with E-state index in [0.717, 1.165) is 27.3 Å². The molecule has 3 rings (SSSR count). The predicted octanol–water partition coefficient (Wildman–Crippen LogP) is 1.16. The number of thioether (sulfide) groups is 1. The highest BCUT2D eigenvalue weighted by Gasteiger charge is 2.11. The highest BCUT2D eigenvalue weighted by molar-refractivity contribution is 7.99. The lowest BCUT2D eigenvalue weighted by Gasteiger charge is -2.05. The molecule has 0 fully saturated rings. The van der Waals surface area contributed by atoms with Crippen molar-refractivity contribution in [3.8, 4) is 0 Å². The van der Waals surface area contributed by atoms with Crippen LogP contribution in [0.4, 0.5) is 0 Å². The van der Waals surface area contributed by atoms with Gasteiger partial charge in [0.2, 0.25) is 0 Å². The van der Waals surface area contributed by atoms with Crippen LogP contribution in [0.1, 0.15) is 21.5 Å². The molecule has 0 aliphatic carbocycles. The lowest BCUT2D eigenvalue weighted by atomic mass is 10.0. The first-order chi connectivity index (χ1) is 10.1. The number of ketones is 1. The van der Waals surface area contributed by atoms with Crippen LogP contribution in [0.3, 0.4) is 0 Å². The predicted molar refractivity (Wildman–Crippen MR) is 87.1 cm³/mol. The second-order valence-electron chi connectivity index (χ2n) is 5.09. The van der Waals surface area contributed by atoms with Crippen LogP contribution in [0.2, 0.25) is 0 Å². The fourth-order valence-corrected chi connectivity index (χ4v) is 3.10. The molecule has 0 bridgehead atoms. The number of benzene rings is 2. The average molecular weight is 376 g/mol. The number of H-pyrrole nitrogens is 1. The lowest BCUT2D eigenvalue weighted by molar-refractivity contribution is -0.0000123. The normalized spacial score (nSPS) is 10.5. The van der Waals surface area contributed by atoms with Crippen LogP contribution < -0.4 is 17.0 Å². The summed E-state index contributed by atoms with van der Waals surface area (Å²) in [6.07, 6.45) is 0. The van der Waals surface area contributed by atoms with E-state index in [4.69, 9.17) is 0 Å². The van der Waals surface area contributed by atoms with Crippen LogP contribution in [0.5, 0.6) is 0 Å². The van der Waals surface area contributed by atoms with Crippen LogP contribution in [-0.2, 0) is 0 Å². The maximum absolute atomic E-state index is 12.3. The van der Waals surface area contributed by atoms with Crippen molar-refractivity contribution in [2.24, 2.45) is 0 Å². The maximum atomic E-state index is 12.3. The number of nitrogens with zero attached hydrogens (tertiary/aromatic N) is 1. The van der Waals surface area contributed by atoms with Gasteiger partial charge in [-0.1, -0.05) is 47.7 Å². The van der Waals surface area contributed by atoms with Gasteiger partial charge in [-0.25, -0.2) is 4.98 Å². The summed E-state index contributed by atoms with van der Waals surface area (Å²) in [5.74, 6) is 0.530. The van der Waals surface area contributed by atoms with Crippen LogP contribution in [0, 0.1) is 13.8 Å². The summed E-state index contributed by atoms with van der Waals surface area (Å²) >= 11 is 1.45. The number of nitrogens with one attached hydrogen (secondary N) is 1. The van der Waals surface area contributed by atoms with E-state index in [1.165, 1.54) is 17.3 Å². The summed E-state index contributed by atoms with van der Waals surface area (Å²) in [4.78, 5) is 20.0. The fraction of sp³-hybridized carbons (Fsp3) is 0.176. The molecule has 0 unspecified atom stereocenters. The molecule has 3 aromatic rings. The zero-order valence-corrected chi connectivity index (χ0v) is 14.8. The second-order valence-corrected chi connectivity index (χ2v) is 6.05. The third-order valence-corrected chi connectivity index (χ3v) is 4.26. The molecule has 0 aliphatic rings. The third-order valence-electron chi connectivity index (χ3n) is 3.39. The van der Waals surface area contributed by atoms with Gasteiger partial charge in [0.25, 0.3) is 0 Å². The molecule has 0 amide bonds. The number of carbonyl (C=O) groups is 1. The Bertz CT molecular complexity index is 780. The van der Waals surface area contributed by atoms with E-state index in [1.807, 2.05) is 56.3 Å². The van der Waals surface area contributed by atoms with Crippen molar-refractivity contribution in [2.45, 2.75) is 19.0 Å². The molecule has 1 heterocycles. The number of aryl methyl sites for hydroxylation is 2. The van der Waals surface area contributed by atoms with Gasteiger partial charge in [0.05, 0.1) is 16.8 Å². The zero-order chi connectivity index (χ0) is 14.8. The monoisotopic (exact) mass is 375 g/mol. The van der Waals surface area contributed by atoms with E-state index in [-0.39, 0.29) is 22.8 Å².